The van der Waals surface area contributed by atoms with Crippen molar-refractivity contribution in [1.82, 2.24) is 19.1 Å². The second-order valence-corrected chi connectivity index (χ2v) is 6.84. The summed E-state index contributed by atoms with van der Waals surface area (Å²) in [5.74, 6) is 0. The molecule has 0 saturated heterocycles. The Morgan fingerprint density at radius 3 is 2.00 bits per heavy atom. The lowest BCUT2D eigenvalue weighted by atomic mass is 10.2. The van der Waals surface area contributed by atoms with Gasteiger partial charge in [-0.2, -0.15) is 0 Å². The largest absolute Gasteiger partial charge is 0.399 e. The number of imidazole rings is 2. The Balaban J connectivity index is 0.000000161. The number of hydrogen-bond acceptors (Lipinski definition) is 4. The molecule has 6 heteroatoms. The molecule has 0 spiro atoms. The molecule has 0 aliphatic carbocycles. The van der Waals surface area contributed by atoms with Gasteiger partial charge >= 0.3 is 0 Å². The molecule has 0 unspecified atom stereocenters. The molecule has 2 aromatic carbocycles. The van der Waals surface area contributed by atoms with Gasteiger partial charge in [0.15, 0.2) is 0 Å². The maximum Gasteiger partial charge on any atom is 0.0952 e. The smallest absolute Gasteiger partial charge is 0.0952 e. The monoisotopic (exact) mass is 374 g/mol. The van der Waals surface area contributed by atoms with Crippen molar-refractivity contribution in [1.29, 1.82) is 0 Å². The molecule has 0 radical (unpaired) electrons. The van der Waals surface area contributed by atoms with Crippen molar-refractivity contribution < 1.29 is 0 Å². The molecule has 0 bridgehead atoms. The summed E-state index contributed by atoms with van der Waals surface area (Å²) >= 11 is 0. The summed E-state index contributed by atoms with van der Waals surface area (Å²) in [7, 11) is 0. The average molecular weight is 374 g/mol. The van der Waals surface area contributed by atoms with Crippen LogP contribution in [0.15, 0.2) is 73.6 Å². The van der Waals surface area contributed by atoms with Crippen LogP contribution in [-0.4, -0.2) is 19.1 Å². The predicted molar refractivity (Wildman–Crippen MR) is 114 cm³/mol. The molecule has 4 aromatic rings. The normalized spacial score (nSPS) is 10.4. The Labute approximate surface area is 165 Å². The lowest BCUT2D eigenvalue weighted by molar-refractivity contribution is 0.770. The van der Waals surface area contributed by atoms with E-state index in [2.05, 4.69) is 26.7 Å². The van der Waals surface area contributed by atoms with Gasteiger partial charge in [-0.25, -0.2) is 9.97 Å². The first kappa shape index (κ1) is 19.2. The number of benzene rings is 2. The molecule has 4 N–H and O–H groups in total. The fourth-order valence-corrected chi connectivity index (χ4v) is 2.90. The van der Waals surface area contributed by atoms with Gasteiger partial charge in [-0.15, -0.1) is 0 Å². The molecule has 4 rings (SSSR count). The summed E-state index contributed by atoms with van der Waals surface area (Å²) in [6.45, 7) is 5.68. The van der Waals surface area contributed by atoms with Gasteiger partial charge in [0.1, 0.15) is 0 Å². The molecule has 2 heterocycles. The van der Waals surface area contributed by atoms with E-state index in [0.717, 1.165) is 35.9 Å². The number of anilines is 2. The lowest BCUT2D eigenvalue weighted by Gasteiger charge is -2.05. The molecule has 0 atom stereocenters. The van der Waals surface area contributed by atoms with Crippen LogP contribution in [0.1, 0.15) is 22.5 Å². The van der Waals surface area contributed by atoms with Gasteiger partial charge in [0.05, 0.1) is 18.3 Å². The first-order valence-electron chi connectivity index (χ1n) is 9.13. The van der Waals surface area contributed by atoms with Crippen LogP contribution in [0.2, 0.25) is 0 Å². The molecule has 0 fully saturated rings. The molecule has 144 valence electrons. The van der Waals surface area contributed by atoms with E-state index in [9.17, 15) is 0 Å². The van der Waals surface area contributed by atoms with E-state index in [0.29, 0.717) is 0 Å². The van der Waals surface area contributed by atoms with Gasteiger partial charge in [-0.05, 0) is 49.2 Å². The van der Waals surface area contributed by atoms with Crippen LogP contribution in [0.3, 0.4) is 0 Å². The van der Waals surface area contributed by atoms with E-state index >= 15 is 0 Å². The Hall–Kier alpha value is -3.54. The average Bonchev–Trinajstić information content (AvgIpc) is 3.24. The van der Waals surface area contributed by atoms with Crippen molar-refractivity contribution in [3.8, 4) is 0 Å². The zero-order chi connectivity index (χ0) is 19.9. The van der Waals surface area contributed by atoms with E-state index in [1.54, 1.807) is 0 Å². The summed E-state index contributed by atoms with van der Waals surface area (Å²) in [6, 6.07) is 15.8. The van der Waals surface area contributed by atoms with Gasteiger partial charge in [-0.1, -0.05) is 24.3 Å². The summed E-state index contributed by atoms with van der Waals surface area (Å²) < 4.78 is 4.14. The Morgan fingerprint density at radius 2 is 1.50 bits per heavy atom. The van der Waals surface area contributed by atoms with Crippen LogP contribution in [0.25, 0.3) is 0 Å². The maximum absolute atomic E-state index is 5.70. The SMILES string of the molecule is Cc1cn(Cc2cccc(N)c2)cn1.Cc1cncn1Cc1cccc(N)c1. The molecule has 6 nitrogen and oxygen atoms in total. The van der Waals surface area contributed by atoms with Crippen LogP contribution in [-0.2, 0) is 13.1 Å². The van der Waals surface area contributed by atoms with Crippen molar-refractivity contribution in [2.75, 3.05) is 11.5 Å². The number of nitrogens with two attached hydrogens (primary N) is 2. The highest BCUT2D eigenvalue weighted by Gasteiger charge is 1.98. The number of aromatic nitrogens is 4. The van der Waals surface area contributed by atoms with Crippen LogP contribution >= 0.6 is 0 Å². The van der Waals surface area contributed by atoms with Crippen molar-refractivity contribution in [2.24, 2.45) is 0 Å². The second-order valence-electron chi connectivity index (χ2n) is 6.84. The topological polar surface area (TPSA) is 87.7 Å². The fourth-order valence-electron chi connectivity index (χ4n) is 2.90. The summed E-state index contributed by atoms with van der Waals surface area (Å²) in [5.41, 5.74) is 17.6. The molecule has 28 heavy (non-hydrogen) atoms. The van der Waals surface area contributed by atoms with Gasteiger partial charge in [0, 0.05) is 42.6 Å². The van der Waals surface area contributed by atoms with Crippen molar-refractivity contribution >= 4 is 11.4 Å². The van der Waals surface area contributed by atoms with E-state index < -0.39 is 0 Å². The number of nitrogen functional groups attached to an aromatic ring is 2. The highest BCUT2D eigenvalue weighted by Crippen LogP contribution is 2.10. The summed E-state index contributed by atoms with van der Waals surface area (Å²) in [5, 5.41) is 0. The Morgan fingerprint density at radius 1 is 0.857 bits per heavy atom. The van der Waals surface area contributed by atoms with Crippen molar-refractivity contribution in [2.45, 2.75) is 26.9 Å². The first-order chi connectivity index (χ1) is 13.5. The van der Waals surface area contributed by atoms with E-state index in [-0.39, 0.29) is 0 Å². The molecule has 2 aromatic heterocycles. The van der Waals surface area contributed by atoms with E-state index in [1.165, 1.54) is 11.1 Å². The third kappa shape index (κ3) is 5.48. The van der Waals surface area contributed by atoms with E-state index in [1.807, 2.05) is 79.9 Å². The third-order valence-corrected chi connectivity index (χ3v) is 4.30. The zero-order valence-electron chi connectivity index (χ0n) is 16.3. The van der Waals surface area contributed by atoms with Gasteiger partial charge in [0.25, 0.3) is 0 Å². The minimum atomic E-state index is 0.805. The van der Waals surface area contributed by atoms with Gasteiger partial charge < -0.3 is 20.6 Å². The highest BCUT2D eigenvalue weighted by molar-refractivity contribution is 5.41. The molecule has 0 saturated carbocycles. The number of nitrogens with zero attached hydrogens (tertiary/aromatic N) is 4. The lowest BCUT2D eigenvalue weighted by Crippen LogP contribution is -2.00. The Bertz CT molecular complexity index is 1030. The fraction of sp³-hybridized carbons (Fsp3) is 0.182. The van der Waals surface area contributed by atoms with Crippen molar-refractivity contribution in [3.63, 3.8) is 0 Å². The molecule has 0 amide bonds. The zero-order valence-corrected chi connectivity index (χ0v) is 16.3. The minimum absolute atomic E-state index is 0.805. The third-order valence-electron chi connectivity index (χ3n) is 4.30. The van der Waals surface area contributed by atoms with Crippen molar-refractivity contribution in [3.05, 3.63) is 96.1 Å². The van der Waals surface area contributed by atoms with Crippen LogP contribution in [0.5, 0.6) is 0 Å². The van der Waals surface area contributed by atoms with Crippen LogP contribution in [0.4, 0.5) is 11.4 Å². The number of hydrogen-bond donors (Lipinski definition) is 2. The van der Waals surface area contributed by atoms with Crippen LogP contribution in [0, 0.1) is 13.8 Å². The first-order valence-corrected chi connectivity index (χ1v) is 9.13. The molecule has 0 aliphatic heterocycles. The second kappa shape index (κ2) is 8.90. The maximum atomic E-state index is 5.70. The quantitative estimate of drug-likeness (QED) is 0.534. The van der Waals surface area contributed by atoms with E-state index in [4.69, 9.17) is 11.5 Å². The van der Waals surface area contributed by atoms with Crippen LogP contribution < -0.4 is 11.5 Å². The van der Waals surface area contributed by atoms with Gasteiger partial charge in [0.2, 0.25) is 0 Å². The predicted octanol–water partition coefficient (Wildman–Crippen LogP) is 3.64. The molecular weight excluding hydrogens is 348 g/mol. The number of rotatable bonds is 4. The highest BCUT2D eigenvalue weighted by atomic mass is 15.0. The Kier molecular flexibility index (Phi) is 6.11. The summed E-state index contributed by atoms with van der Waals surface area (Å²) in [6.07, 6.45) is 7.53. The minimum Gasteiger partial charge on any atom is -0.399 e. The summed E-state index contributed by atoms with van der Waals surface area (Å²) in [4.78, 5) is 8.24. The molecular formula is C22H26N6. The standard InChI is InChI=1S/2C11H13N3/c1-9-6-14(8-13-9)7-10-3-2-4-11(12)5-10;1-9-6-13-8-14(9)7-10-3-2-4-11(12)5-10/h2*2-6,8H,7,12H2,1H3. The number of aryl methyl sites for hydroxylation is 2. The molecule has 0 aliphatic rings. The van der Waals surface area contributed by atoms with Gasteiger partial charge in [-0.3, -0.25) is 0 Å².